The molecule has 4 nitrogen and oxygen atoms in total. The van der Waals surface area contributed by atoms with Crippen LogP contribution < -0.4 is 10.5 Å². The Morgan fingerprint density at radius 3 is 2.96 bits per heavy atom. The lowest BCUT2D eigenvalue weighted by atomic mass is 10.0. The van der Waals surface area contributed by atoms with E-state index in [1.165, 1.54) is 11.3 Å². The van der Waals surface area contributed by atoms with Crippen LogP contribution in [0.1, 0.15) is 30.3 Å². The molecule has 0 unspecified atom stereocenters. The van der Waals surface area contributed by atoms with E-state index in [-0.39, 0.29) is 5.56 Å². The van der Waals surface area contributed by atoms with E-state index in [9.17, 15) is 4.79 Å². The van der Waals surface area contributed by atoms with Gasteiger partial charge in [-0.3, -0.25) is 4.79 Å². The minimum absolute atomic E-state index is 0.0457. The van der Waals surface area contributed by atoms with Gasteiger partial charge in [0.2, 0.25) is 0 Å². The van der Waals surface area contributed by atoms with E-state index >= 15 is 0 Å². The highest BCUT2D eigenvalue weighted by Crippen LogP contribution is 2.27. The molecule has 1 aromatic heterocycles. The number of para-hydroxylation sites is 1. The average molecular weight is 319 g/mol. The maximum absolute atomic E-state index is 12.4. The van der Waals surface area contributed by atoms with Gasteiger partial charge in [0, 0.05) is 12.2 Å². The van der Waals surface area contributed by atoms with Crippen molar-refractivity contribution < 1.29 is 0 Å². The lowest BCUT2D eigenvalue weighted by Crippen LogP contribution is -2.30. The molecule has 1 N–H and O–H groups in total. The molecule has 0 saturated heterocycles. The lowest BCUT2D eigenvalue weighted by Gasteiger charge is -2.30. The Morgan fingerprint density at radius 1 is 1.21 bits per heavy atom. The Morgan fingerprint density at radius 2 is 2.08 bits per heavy atom. The van der Waals surface area contributed by atoms with Crippen LogP contribution in [0, 0.1) is 0 Å². The number of benzene rings is 2. The van der Waals surface area contributed by atoms with Crippen LogP contribution in [0.3, 0.4) is 0 Å². The molecule has 122 valence electrons. The van der Waals surface area contributed by atoms with Crippen molar-refractivity contribution in [2.75, 3.05) is 11.4 Å². The Kier molecular flexibility index (Phi) is 3.81. The molecule has 1 aliphatic heterocycles. The van der Waals surface area contributed by atoms with E-state index in [0.717, 1.165) is 42.7 Å². The molecule has 4 rings (SSSR count). The third kappa shape index (κ3) is 2.68. The highest BCUT2D eigenvalue weighted by atomic mass is 16.1. The highest BCUT2D eigenvalue weighted by Gasteiger charge is 2.17. The normalized spacial score (nSPS) is 14.0. The maximum Gasteiger partial charge on any atom is 0.258 e. The molecule has 3 aromatic rings. The first-order valence-electron chi connectivity index (χ1n) is 8.59. The van der Waals surface area contributed by atoms with Crippen molar-refractivity contribution >= 4 is 16.6 Å². The van der Waals surface area contributed by atoms with Crippen molar-refractivity contribution in [3.05, 3.63) is 69.8 Å². The van der Waals surface area contributed by atoms with Crippen LogP contribution in [-0.4, -0.2) is 16.5 Å². The summed E-state index contributed by atoms with van der Waals surface area (Å²) in [6.45, 7) is 3.72. The van der Waals surface area contributed by atoms with Gasteiger partial charge in [0.1, 0.15) is 5.82 Å². The molecule has 0 bridgehead atoms. The Hall–Kier alpha value is -2.62. The summed E-state index contributed by atoms with van der Waals surface area (Å²) in [6, 6.07) is 14.4. The summed E-state index contributed by atoms with van der Waals surface area (Å²) in [7, 11) is 0. The molecule has 0 amide bonds. The van der Waals surface area contributed by atoms with E-state index in [4.69, 9.17) is 0 Å². The molecule has 0 fully saturated rings. The van der Waals surface area contributed by atoms with Gasteiger partial charge in [-0.05, 0) is 48.6 Å². The monoisotopic (exact) mass is 319 g/mol. The van der Waals surface area contributed by atoms with E-state index < -0.39 is 0 Å². The number of rotatable bonds is 3. The second-order valence-corrected chi connectivity index (χ2v) is 6.37. The number of nitrogens with one attached hydrogen (secondary N) is 1. The van der Waals surface area contributed by atoms with Crippen LogP contribution in [0.15, 0.2) is 47.3 Å². The molecule has 24 heavy (non-hydrogen) atoms. The number of aromatic nitrogens is 2. The fraction of sp³-hybridized carbons (Fsp3) is 0.300. The minimum atomic E-state index is -0.0457. The fourth-order valence-electron chi connectivity index (χ4n) is 3.49. The van der Waals surface area contributed by atoms with Gasteiger partial charge in [-0.2, -0.15) is 0 Å². The van der Waals surface area contributed by atoms with E-state index in [1.54, 1.807) is 0 Å². The average Bonchev–Trinajstić information content (AvgIpc) is 2.62. The number of aromatic amines is 1. The summed E-state index contributed by atoms with van der Waals surface area (Å²) >= 11 is 0. The quantitative estimate of drug-likeness (QED) is 0.804. The molecule has 4 heteroatoms. The number of fused-ring (bicyclic) bond motifs is 2. The molecule has 2 heterocycles. The van der Waals surface area contributed by atoms with Gasteiger partial charge < -0.3 is 9.88 Å². The first-order valence-corrected chi connectivity index (χ1v) is 8.59. The standard InChI is InChI=1S/C20H21N3O/c1-2-14-9-10-17-16(12-14)20(24)22-19(21-17)13-23-11-5-7-15-6-3-4-8-18(15)23/h3-4,6,8-10,12H,2,5,7,11,13H2,1H3,(H,21,22,24). The number of aryl methyl sites for hydroxylation is 2. The number of anilines is 1. The van der Waals surface area contributed by atoms with E-state index in [0.29, 0.717) is 11.9 Å². The number of hydrogen-bond donors (Lipinski definition) is 1. The zero-order valence-electron chi connectivity index (χ0n) is 13.9. The SMILES string of the molecule is CCc1ccc2nc(CN3CCCc4ccccc43)[nH]c(=O)c2c1. The Balaban J connectivity index is 1.70. The van der Waals surface area contributed by atoms with E-state index in [1.807, 2.05) is 12.1 Å². The van der Waals surface area contributed by atoms with Crippen molar-refractivity contribution in [2.45, 2.75) is 32.7 Å². The number of H-pyrrole nitrogens is 1. The largest absolute Gasteiger partial charge is 0.364 e. The smallest absolute Gasteiger partial charge is 0.258 e. The second kappa shape index (κ2) is 6.11. The topological polar surface area (TPSA) is 49.0 Å². The summed E-state index contributed by atoms with van der Waals surface area (Å²) in [5.41, 5.74) is 4.52. The van der Waals surface area contributed by atoms with Gasteiger partial charge in [0.25, 0.3) is 5.56 Å². The molecule has 0 saturated carbocycles. The first-order chi connectivity index (χ1) is 11.7. The molecule has 0 spiro atoms. The summed E-state index contributed by atoms with van der Waals surface area (Å²) < 4.78 is 0. The molecular formula is C20H21N3O. The van der Waals surface area contributed by atoms with Crippen LogP contribution in [0.4, 0.5) is 5.69 Å². The molecular weight excluding hydrogens is 298 g/mol. The number of nitrogens with zero attached hydrogens (tertiary/aromatic N) is 2. The van der Waals surface area contributed by atoms with Crippen LogP contribution >= 0.6 is 0 Å². The maximum atomic E-state index is 12.4. The molecule has 0 radical (unpaired) electrons. The Labute approximate surface area is 141 Å². The fourth-order valence-corrected chi connectivity index (χ4v) is 3.49. The summed E-state index contributed by atoms with van der Waals surface area (Å²) in [5, 5.41) is 0.678. The van der Waals surface area contributed by atoms with Gasteiger partial charge in [-0.25, -0.2) is 4.98 Å². The van der Waals surface area contributed by atoms with Crippen LogP contribution in [0.5, 0.6) is 0 Å². The van der Waals surface area contributed by atoms with Crippen molar-refractivity contribution in [1.82, 2.24) is 9.97 Å². The third-order valence-electron chi connectivity index (χ3n) is 4.77. The van der Waals surface area contributed by atoms with Crippen molar-refractivity contribution in [2.24, 2.45) is 0 Å². The van der Waals surface area contributed by atoms with Gasteiger partial charge in [0.15, 0.2) is 0 Å². The molecule has 0 atom stereocenters. The van der Waals surface area contributed by atoms with Crippen LogP contribution in [0.25, 0.3) is 10.9 Å². The van der Waals surface area contributed by atoms with E-state index in [2.05, 4.69) is 52.1 Å². The first kappa shape index (κ1) is 14.9. The molecule has 2 aromatic carbocycles. The molecule has 0 aliphatic carbocycles. The molecule has 1 aliphatic rings. The van der Waals surface area contributed by atoms with Crippen molar-refractivity contribution in [1.29, 1.82) is 0 Å². The summed E-state index contributed by atoms with van der Waals surface area (Å²) in [5.74, 6) is 0.730. The van der Waals surface area contributed by atoms with Gasteiger partial charge in [-0.15, -0.1) is 0 Å². The number of hydrogen-bond acceptors (Lipinski definition) is 3. The summed E-state index contributed by atoms with van der Waals surface area (Å²) in [4.78, 5) is 22.4. The highest BCUT2D eigenvalue weighted by molar-refractivity contribution is 5.78. The van der Waals surface area contributed by atoms with Gasteiger partial charge in [0.05, 0.1) is 17.4 Å². The zero-order valence-corrected chi connectivity index (χ0v) is 13.9. The van der Waals surface area contributed by atoms with Crippen LogP contribution in [-0.2, 0) is 19.4 Å². The lowest BCUT2D eigenvalue weighted by molar-refractivity contribution is 0.674. The zero-order chi connectivity index (χ0) is 16.5. The van der Waals surface area contributed by atoms with Crippen molar-refractivity contribution in [3.8, 4) is 0 Å². The Bertz CT molecular complexity index is 945. The summed E-state index contributed by atoms with van der Waals surface area (Å²) in [6.07, 6.45) is 3.17. The predicted molar refractivity (Wildman–Crippen MR) is 97.6 cm³/mol. The van der Waals surface area contributed by atoms with Gasteiger partial charge >= 0.3 is 0 Å². The van der Waals surface area contributed by atoms with Crippen LogP contribution in [0.2, 0.25) is 0 Å². The minimum Gasteiger partial charge on any atom is -0.364 e. The predicted octanol–water partition coefficient (Wildman–Crippen LogP) is 3.44. The van der Waals surface area contributed by atoms with Gasteiger partial charge in [-0.1, -0.05) is 31.2 Å². The third-order valence-corrected chi connectivity index (χ3v) is 4.77. The second-order valence-electron chi connectivity index (χ2n) is 6.37. The van der Waals surface area contributed by atoms with Crippen molar-refractivity contribution in [3.63, 3.8) is 0 Å².